The maximum atomic E-state index is 7.84. The first kappa shape index (κ1) is 15.4. The minimum atomic E-state index is -0.156. The summed E-state index contributed by atoms with van der Waals surface area (Å²) in [5.41, 5.74) is 0. The molecule has 82 valence electrons. The number of rotatable bonds is 5. The van der Waals surface area contributed by atoms with E-state index in [0.29, 0.717) is 6.61 Å². The molecule has 0 unspecified atom stereocenters. The van der Waals surface area contributed by atoms with Gasteiger partial charge in [0.05, 0.1) is 26.7 Å². The van der Waals surface area contributed by atoms with Crippen LogP contribution in [0, 0.1) is 0 Å². The first-order valence-electron chi connectivity index (χ1n) is 5.12. The number of aliphatic hydroxyl groups is 1. The van der Waals surface area contributed by atoms with Crippen LogP contribution in [0.15, 0.2) is 0 Å². The molecule has 0 heterocycles. The molecule has 0 bridgehead atoms. The summed E-state index contributed by atoms with van der Waals surface area (Å²) in [5, 5.41) is 7.84. The van der Waals surface area contributed by atoms with Crippen LogP contribution in [0.2, 0.25) is 0 Å². The van der Waals surface area contributed by atoms with Crippen molar-refractivity contribution in [3.8, 4) is 0 Å². The van der Waals surface area contributed by atoms with E-state index in [1.54, 1.807) is 0 Å². The molecular weight excluding hydrogens is 166 g/mol. The molecule has 0 aliphatic heterocycles. The molecule has 0 aromatic heterocycles. The van der Waals surface area contributed by atoms with E-state index in [1.165, 1.54) is 24.1 Å². The van der Waals surface area contributed by atoms with Crippen LogP contribution in [0.25, 0.3) is 0 Å². The lowest BCUT2D eigenvalue weighted by Crippen LogP contribution is -2.42. The van der Waals surface area contributed by atoms with Crippen molar-refractivity contribution >= 4 is 0 Å². The molecule has 0 saturated heterocycles. The largest absolute Gasteiger partial charge is 0.371 e. The molecule has 0 aliphatic rings. The van der Waals surface area contributed by atoms with Crippen LogP contribution < -0.4 is 0 Å². The maximum Gasteiger partial charge on any atom is 0.143 e. The van der Waals surface area contributed by atoms with Crippen molar-refractivity contribution < 1.29 is 14.3 Å². The van der Waals surface area contributed by atoms with Gasteiger partial charge >= 0.3 is 0 Å². The summed E-state index contributed by atoms with van der Waals surface area (Å²) in [5.74, 6) is 0. The molecule has 0 aromatic rings. The van der Waals surface area contributed by atoms with E-state index in [9.17, 15) is 0 Å². The first-order chi connectivity index (χ1) is 6.10. The summed E-state index contributed by atoms with van der Waals surface area (Å²) < 4.78 is 5.60. The Balaban J connectivity index is 0. The lowest BCUT2D eigenvalue weighted by molar-refractivity contribution is -0.904. The molecule has 0 radical (unpaired) electrons. The Bertz CT molecular complexity index is 82.7. The van der Waals surface area contributed by atoms with Gasteiger partial charge in [-0.1, -0.05) is 0 Å². The van der Waals surface area contributed by atoms with Gasteiger partial charge in [-0.05, 0) is 27.7 Å². The molecule has 0 aliphatic carbocycles. The summed E-state index contributed by atoms with van der Waals surface area (Å²) in [6, 6.07) is 0. The number of quaternary nitrogens is 1. The third-order valence-electron chi connectivity index (χ3n) is 2.59. The van der Waals surface area contributed by atoms with Crippen molar-refractivity contribution in [1.29, 1.82) is 0 Å². The van der Waals surface area contributed by atoms with Crippen LogP contribution in [0.5, 0.6) is 0 Å². The molecular formula is C10H26NO2+. The second-order valence-corrected chi connectivity index (χ2v) is 3.19. The zero-order valence-electron chi connectivity index (χ0n) is 9.84. The molecule has 0 fully saturated rings. The number of hydrogen-bond acceptors (Lipinski definition) is 2. The minimum Gasteiger partial charge on any atom is -0.371 e. The number of aliphatic hydroxyl groups excluding tert-OH is 1. The van der Waals surface area contributed by atoms with Crippen LogP contribution in [-0.2, 0) is 4.74 Å². The molecule has 0 amide bonds. The average Bonchev–Trinajstić information content (AvgIpc) is 2.19. The van der Waals surface area contributed by atoms with Crippen LogP contribution in [-0.4, -0.2) is 49.7 Å². The second-order valence-electron chi connectivity index (χ2n) is 3.19. The fourth-order valence-corrected chi connectivity index (χ4v) is 0.762. The van der Waals surface area contributed by atoms with E-state index in [1.807, 2.05) is 6.92 Å². The summed E-state index contributed by atoms with van der Waals surface area (Å²) in [6.07, 6.45) is 0. The predicted molar refractivity (Wildman–Crippen MR) is 56.5 cm³/mol. The van der Waals surface area contributed by atoms with Gasteiger partial charge in [0.15, 0.2) is 0 Å². The molecule has 0 saturated carbocycles. The molecule has 3 nitrogen and oxygen atoms in total. The third-order valence-corrected chi connectivity index (χ3v) is 2.59. The number of hydrogen-bond donors (Lipinski definition) is 1. The van der Waals surface area contributed by atoms with Gasteiger partial charge in [-0.3, -0.25) is 0 Å². The van der Waals surface area contributed by atoms with Crippen molar-refractivity contribution in [3.05, 3.63) is 0 Å². The molecule has 0 aromatic carbocycles. The normalized spacial score (nSPS) is 10.6. The van der Waals surface area contributed by atoms with Gasteiger partial charge in [0, 0.05) is 6.61 Å². The Hall–Kier alpha value is -0.120. The van der Waals surface area contributed by atoms with E-state index >= 15 is 0 Å². The molecule has 0 atom stereocenters. The Morgan fingerprint density at radius 3 is 1.38 bits per heavy atom. The lowest BCUT2D eigenvalue weighted by atomic mass is 10.4. The Morgan fingerprint density at radius 2 is 1.38 bits per heavy atom. The average molecular weight is 192 g/mol. The second kappa shape index (κ2) is 9.96. The fraction of sp³-hybridized carbons (Fsp3) is 1.00. The van der Waals surface area contributed by atoms with Crippen molar-refractivity contribution in [3.63, 3.8) is 0 Å². The topological polar surface area (TPSA) is 29.5 Å². The number of nitrogens with zero attached hydrogens (tertiary/aromatic N) is 1. The van der Waals surface area contributed by atoms with Gasteiger partial charge in [0.1, 0.15) is 6.79 Å². The molecule has 0 rings (SSSR count). The minimum absolute atomic E-state index is 0.156. The van der Waals surface area contributed by atoms with Crippen molar-refractivity contribution in [2.45, 2.75) is 27.7 Å². The zero-order chi connectivity index (χ0) is 10.7. The number of ether oxygens (including phenoxy) is 1. The van der Waals surface area contributed by atoms with Gasteiger partial charge < -0.3 is 14.3 Å². The molecule has 0 spiro atoms. The molecule has 3 heteroatoms. The Kier molecular flexibility index (Phi) is 11.8. The van der Waals surface area contributed by atoms with Gasteiger partial charge in [-0.15, -0.1) is 0 Å². The van der Waals surface area contributed by atoms with Gasteiger partial charge in [-0.25, -0.2) is 0 Å². The summed E-state index contributed by atoms with van der Waals surface area (Å²) in [7, 11) is 2.29. The highest BCUT2D eigenvalue weighted by molar-refractivity contribution is 4.24. The van der Waals surface area contributed by atoms with E-state index in [0.717, 1.165) is 0 Å². The molecule has 1 N–H and O–H groups in total. The predicted octanol–water partition coefficient (Wildman–Crippen LogP) is 1.47. The van der Waals surface area contributed by atoms with Crippen LogP contribution >= 0.6 is 0 Å². The van der Waals surface area contributed by atoms with E-state index < -0.39 is 0 Å². The first-order valence-corrected chi connectivity index (χ1v) is 5.12. The summed E-state index contributed by atoms with van der Waals surface area (Å²) in [4.78, 5) is 0. The van der Waals surface area contributed by atoms with Crippen LogP contribution in [0.4, 0.5) is 0 Å². The highest BCUT2D eigenvalue weighted by Gasteiger charge is 2.10. The van der Waals surface area contributed by atoms with Gasteiger partial charge in [-0.2, -0.15) is 0 Å². The Labute approximate surface area is 82.9 Å². The summed E-state index contributed by atoms with van der Waals surface area (Å²) in [6.45, 7) is 12.8. The zero-order valence-corrected chi connectivity index (χ0v) is 9.84. The van der Waals surface area contributed by atoms with E-state index in [4.69, 9.17) is 5.11 Å². The van der Waals surface area contributed by atoms with Crippen LogP contribution in [0.3, 0.4) is 0 Å². The SMILES string of the molecule is CCOCO.CC[N+](C)(CC)CC. The fourth-order valence-electron chi connectivity index (χ4n) is 0.762. The standard InChI is InChI=1S/C7H18N.C3H8O2/c1-5-8(4,6-2)7-3;1-2-5-3-4/h5-7H2,1-4H3;4H,2-3H2,1H3/q+1;. The summed E-state index contributed by atoms with van der Waals surface area (Å²) >= 11 is 0. The smallest absolute Gasteiger partial charge is 0.143 e. The van der Waals surface area contributed by atoms with Gasteiger partial charge in [0.25, 0.3) is 0 Å². The Morgan fingerprint density at radius 1 is 1.00 bits per heavy atom. The van der Waals surface area contributed by atoms with E-state index in [-0.39, 0.29) is 6.79 Å². The van der Waals surface area contributed by atoms with Crippen molar-refractivity contribution in [2.24, 2.45) is 0 Å². The van der Waals surface area contributed by atoms with Crippen LogP contribution in [0.1, 0.15) is 27.7 Å². The molecule has 13 heavy (non-hydrogen) atoms. The highest BCUT2D eigenvalue weighted by Crippen LogP contribution is 1.97. The van der Waals surface area contributed by atoms with E-state index in [2.05, 4.69) is 32.6 Å². The third kappa shape index (κ3) is 9.80. The van der Waals surface area contributed by atoms with Crippen molar-refractivity contribution in [2.75, 3.05) is 40.1 Å². The monoisotopic (exact) mass is 192 g/mol. The lowest BCUT2D eigenvalue weighted by Gasteiger charge is -2.30. The van der Waals surface area contributed by atoms with Crippen molar-refractivity contribution in [1.82, 2.24) is 0 Å². The maximum absolute atomic E-state index is 7.84. The quantitative estimate of drug-likeness (QED) is 0.528. The highest BCUT2D eigenvalue weighted by atomic mass is 16.6. The van der Waals surface area contributed by atoms with Gasteiger partial charge in [0.2, 0.25) is 0 Å².